The van der Waals surface area contributed by atoms with Crippen LogP contribution in [0.3, 0.4) is 0 Å². The van der Waals surface area contributed by atoms with Gasteiger partial charge in [-0.25, -0.2) is 0 Å². The molecule has 0 atom stereocenters. The number of rotatable bonds is 5. The van der Waals surface area contributed by atoms with Crippen LogP contribution in [0.2, 0.25) is 0 Å². The molecule has 0 aliphatic carbocycles. The van der Waals surface area contributed by atoms with Gasteiger partial charge in [0.1, 0.15) is 0 Å². The molecule has 0 unspecified atom stereocenters. The maximum absolute atomic E-state index is 3.52. The molecule has 0 radical (unpaired) electrons. The molecule has 0 saturated carbocycles. The molecule has 0 bridgehead atoms. The summed E-state index contributed by atoms with van der Waals surface area (Å²) in [6.45, 7) is 2.91. The molecule has 110 valence electrons. The predicted molar refractivity (Wildman–Crippen MR) is 89.8 cm³/mol. The minimum atomic E-state index is 0.864. The number of hydrogen-bond donors (Lipinski definition) is 2. The van der Waals surface area contributed by atoms with Gasteiger partial charge in [-0.2, -0.15) is 0 Å². The van der Waals surface area contributed by atoms with Crippen molar-refractivity contribution in [1.82, 2.24) is 4.90 Å². The van der Waals surface area contributed by atoms with Gasteiger partial charge in [0, 0.05) is 31.0 Å². The summed E-state index contributed by atoms with van der Waals surface area (Å²) in [5.74, 6) is 0. The lowest BCUT2D eigenvalue weighted by atomic mass is 10.1. The van der Waals surface area contributed by atoms with Crippen molar-refractivity contribution >= 4 is 11.4 Å². The first-order valence-electron chi connectivity index (χ1n) is 7.54. The Morgan fingerprint density at radius 2 is 1.90 bits per heavy atom. The Balaban J connectivity index is 1.64. The van der Waals surface area contributed by atoms with Gasteiger partial charge in [0.15, 0.2) is 0 Å². The highest BCUT2D eigenvalue weighted by Crippen LogP contribution is 2.27. The van der Waals surface area contributed by atoms with E-state index >= 15 is 0 Å². The Morgan fingerprint density at radius 1 is 1.10 bits per heavy atom. The van der Waals surface area contributed by atoms with Crippen molar-refractivity contribution in [3.05, 3.63) is 59.2 Å². The zero-order chi connectivity index (χ0) is 14.7. The van der Waals surface area contributed by atoms with Gasteiger partial charge in [-0.05, 0) is 49.3 Å². The number of benzene rings is 2. The quantitative estimate of drug-likeness (QED) is 0.880. The van der Waals surface area contributed by atoms with Gasteiger partial charge in [-0.3, -0.25) is 0 Å². The summed E-state index contributed by atoms with van der Waals surface area (Å²) in [4.78, 5) is 2.18. The van der Waals surface area contributed by atoms with Crippen LogP contribution in [0, 0.1) is 0 Å². The molecule has 0 aromatic heterocycles. The number of para-hydroxylation sites is 1. The standard InChI is InChI=1S/C18H23N3/c1-21(2)13-14-6-8-17(9-7-14)20-12-16-5-3-4-15-10-11-19-18(15)16/h3-9,19-20H,10-13H2,1-2H3. The third-order valence-electron chi connectivity index (χ3n) is 3.87. The van der Waals surface area contributed by atoms with Crippen LogP contribution in [-0.4, -0.2) is 25.5 Å². The van der Waals surface area contributed by atoms with Crippen LogP contribution >= 0.6 is 0 Å². The molecule has 0 amide bonds. The lowest BCUT2D eigenvalue weighted by Crippen LogP contribution is -2.10. The van der Waals surface area contributed by atoms with Crippen LogP contribution in [0.25, 0.3) is 0 Å². The van der Waals surface area contributed by atoms with Crippen molar-refractivity contribution in [2.75, 3.05) is 31.3 Å². The second-order valence-corrected chi connectivity index (χ2v) is 5.92. The minimum Gasteiger partial charge on any atom is -0.384 e. The molecule has 2 aromatic rings. The van der Waals surface area contributed by atoms with E-state index in [9.17, 15) is 0 Å². The van der Waals surface area contributed by atoms with Crippen LogP contribution < -0.4 is 10.6 Å². The van der Waals surface area contributed by atoms with E-state index in [-0.39, 0.29) is 0 Å². The van der Waals surface area contributed by atoms with E-state index in [1.807, 2.05) is 0 Å². The summed E-state index contributed by atoms with van der Waals surface area (Å²) < 4.78 is 0. The molecule has 1 heterocycles. The topological polar surface area (TPSA) is 27.3 Å². The van der Waals surface area contributed by atoms with Crippen molar-refractivity contribution < 1.29 is 0 Å². The average molecular weight is 281 g/mol. The third kappa shape index (κ3) is 3.37. The molecule has 1 aliphatic rings. The van der Waals surface area contributed by atoms with E-state index in [4.69, 9.17) is 0 Å². The largest absolute Gasteiger partial charge is 0.384 e. The summed E-state index contributed by atoms with van der Waals surface area (Å²) in [6.07, 6.45) is 1.14. The summed E-state index contributed by atoms with van der Waals surface area (Å²) in [6, 6.07) is 15.3. The molecular formula is C18H23N3. The molecule has 0 saturated heterocycles. The fraction of sp³-hybridized carbons (Fsp3) is 0.333. The molecule has 3 rings (SSSR count). The molecule has 21 heavy (non-hydrogen) atoms. The van der Waals surface area contributed by atoms with Crippen molar-refractivity contribution in [3.8, 4) is 0 Å². The molecular weight excluding hydrogens is 258 g/mol. The van der Waals surface area contributed by atoms with Gasteiger partial charge >= 0.3 is 0 Å². The SMILES string of the molecule is CN(C)Cc1ccc(NCc2cccc3c2NCC3)cc1. The zero-order valence-corrected chi connectivity index (χ0v) is 12.8. The van der Waals surface area contributed by atoms with E-state index in [2.05, 4.69) is 72.1 Å². The van der Waals surface area contributed by atoms with Crippen LogP contribution in [0.15, 0.2) is 42.5 Å². The summed E-state index contributed by atoms with van der Waals surface area (Å²) in [5.41, 5.74) is 6.63. The molecule has 0 spiro atoms. The smallest absolute Gasteiger partial charge is 0.0424 e. The number of fused-ring (bicyclic) bond motifs is 1. The molecule has 2 N–H and O–H groups in total. The van der Waals surface area contributed by atoms with Crippen molar-refractivity contribution in [3.63, 3.8) is 0 Å². The van der Waals surface area contributed by atoms with Crippen molar-refractivity contribution in [1.29, 1.82) is 0 Å². The van der Waals surface area contributed by atoms with E-state index in [0.717, 1.165) is 26.1 Å². The highest BCUT2D eigenvalue weighted by Gasteiger charge is 2.12. The van der Waals surface area contributed by atoms with Crippen LogP contribution in [0.5, 0.6) is 0 Å². The first kappa shape index (κ1) is 14.0. The first-order valence-corrected chi connectivity index (χ1v) is 7.54. The lowest BCUT2D eigenvalue weighted by Gasteiger charge is -2.13. The average Bonchev–Trinajstić information content (AvgIpc) is 2.95. The van der Waals surface area contributed by atoms with Crippen LogP contribution in [-0.2, 0) is 19.5 Å². The van der Waals surface area contributed by atoms with Crippen LogP contribution in [0.1, 0.15) is 16.7 Å². The minimum absolute atomic E-state index is 0.864. The second-order valence-electron chi connectivity index (χ2n) is 5.92. The zero-order valence-electron chi connectivity index (χ0n) is 12.8. The number of hydrogen-bond acceptors (Lipinski definition) is 3. The number of nitrogens with one attached hydrogen (secondary N) is 2. The fourth-order valence-electron chi connectivity index (χ4n) is 2.85. The monoisotopic (exact) mass is 281 g/mol. The maximum atomic E-state index is 3.52. The van der Waals surface area contributed by atoms with Crippen molar-refractivity contribution in [2.45, 2.75) is 19.5 Å². The van der Waals surface area contributed by atoms with Gasteiger partial charge in [-0.15, -0.1) is 0 Å². The Morgan fingerprint density at radius 3 is 2.67 bits per heavy atom. The van der Waals surface area contributed by atoms with Gasteiger partial charge in [0.25, 0.3) is 0 Å². The molecule has 3 nitrogen and oxygen atoms in total. The second kappa shape index (κ2) is 6.19. The van der Waals surface area contributed by atoms with Gasteiger partial charge in [0.05, 0.1) is 0 Å². The molecule has 2 aromatic carbocycles. The Hall–Kier alpha value is -2.00. The Kier molecular flexibility index (Phi) is 4.11. The Bertz CT molecular complexity index is 602. The van der Waals surface area contributed by atoms with E-state index in [0.29, 0.717) is 0 Å². The molecule has 3 heteroatoms. The number of anilines is 2. The number of nitrogens with zero attached hydrogens (tertiary/aromatic N) is 1. The summed E-state index contributed by atoms with van der Waals surface area (Å²) in [7, 11) is 4.18. The van der Waals surface area contributed by atoms with E-state index in [1.54, 1.807) is 0 Å². The first-order chi connectivity index (χ1) is 10.2. The van der Waals surface area contributed by atoms with Gasteiger partial charge in [-0.1, -0.05) is 30.3 Å². The van der Waals surface area contributed by atoms with Gasteiger partial charge in [0.2, 0.25) is 0 Å². The highest BCUT2D eigenvalue weighted by atomic mass is 15.0. The van der Waals surface area contributed by atoms with Gasteiger partial charge < -0.3 is 15.5 Å². The lowest BCUT2D eigenvalue weighted by molar-refractivity contribution is 0.402. The molecule has 1 aliphatic heterocycles. The van der Waals surface area contributed by atoms with E-state index < -0.39 is 0 Å². The molecule has 0 fully saturated rings. The summed E-state index contributed by atoms with van der Waals surface area (Å²) >= 11 is 0. The maximum Gasteiger partial charge on any atom is 0.0424 e. The Labute approximate surface area is 127 Å². The fourth-order valence-corrected chi connectivity index (χ4v) is 2.85. The van der Waals surface area contributed by atoms with Crippen molar-refractivity contribution in [2.24, 2.45) is 0 Å². The van der Waals surface area contributed by atoms with E-state index in [1.165, 1.54) is 28.1 Å². The normalized spacial score (nSPS) is 13.1. The predicted octanol–water partition coefficient (Wildman–Crippen LogP) is 3.33. The van der Waals surface area contributed by atoms with Crippen LogP contribution in [0.4, 0.5) is 11.4 Å². The highest BCUT2D eigenvalue weighted by molar-refractivity contribution is 5.62. The third-order valence-corrected chi connectivity index (χ3v) is 3.87. The summed E-state index contributed by atoms with van der Waals surface area (Å²) in [5, 5.41) is 7.01.